The quantitative estimate of drug-likeness (QED) is 0.389. The Bertz CT molecular complexity index is 1130. The van der Waals surface area contributed by atoms with Gasteiger partial charge >= 0.3 is 0 Å². The van der Waals surface area contributed by atoms with E-state index < -0.39 is 0 Å². The first kappa shape index (κ1) is 24.4. The molecule has 1 amide bonds. The minimum atomic E-state index is 0.126. The number of likely N-dealkylation sites (tertiary alicyclic amines) is 2. The Morgan fingerprint density at radius 2 is 1.39 bits per heavy atom. The topological polar surface area (TPSA) is 42.0 Å². The number of piperidine rings is 2. The Hall–Kier alpha value is -3.31. The lowest BCUT2D eigenvalue weighted by atomic mass is 9.71. The van der Waals surface area contributed by atoms with Gasteiger partial charge in [0.1, 0.15) is 17.2 Å². The first-order chi connectivity index (χ1) is 17.6. The summed E-state index contributed by atoms with van der Waals surface area (Å²) < 4.78 is 11.7. The molecule has 0 radical (unpaired) electrons. The van der Waals surface area contributed by atoms with Crippen molar-refractivity contribution in [2.75, 3.05) is 32.8 Å². The summed E-state index contributed by atoms with van der Waals surface area (Å²) in [7, 11) is 0. The second-order valence-corrected chi connectivity index (χ2v) is 10.0. The minimum absolute atomic E-state index is 0.126. The van der Waals surface area contributed by atoms with Crippen molar-refractivity contribution in [3.8, 4) is 17.2 Å². The van der Waals surface area contributed by atoms with E-state index in [4.69, 9.17) is 9.47 Å². The van der Waals surface area contributed by atoms with Gasteiger partial charge < -0.3 is 14.4 Å². The minimum Gasteiger partial charge on any atom is -0.494 e. The van der Waals surface area contributed by atoms with Crippen LogP contribution >= 0.6 is 0 Å². The van der Waals surface area contributed by atoms with Crippen molar-refractivity contribution in [1.82, 2.24) is 9.80 Å². The summed E-state index contributed by atoms with van der Waals surface area (Å²) in [6.45, 7) is 7.58. The zero-order valence-corrected chi connectivity index (χ0v) is 21.2. The summed E-state index contributed by atoms with van der Waals surface area (Å²) in [6.07, 6.45) is 4.60. The fourth-order valence-electron chi connectivity index (χ4n) is 5.51. The smallest absolute Gasteiger partial charge is 0.253 e. The zero-order chi connectivity index (χ0) is 24.8. The van der Waals surface area contributed by atoms with E-state index in [-0.39, 0.29) is 5.91 Å². The normalized spacial score (nSPS) is 17.6. The monoisotopic (exact) mass is 484 g/mol. The number of benzene rings is 3. The van der Waals surface area contributed by atoms with Gasteiger partial charge in [-0.3, -0.25) is 9.69 Å². The molecule has 2 saturated heterocycles. The number of hydrogen-bond donors (Lipinski definition) is 0. The average Bonchev–Trinajstić information content (AvgIpc) is 2.92. The summed E-state index contributed by atoms with van der Waals surface area (Å²) in [5.41, 5.74) is 2.38. The lowest BCUT2D eigenvalue weighted by molar-refractivity contribution is 0.0283. The van der Waals surface area contributed by atoms with E-state index in [0.717, 1.165) is 68.4 Å². The zero-order valence-electron chi connectivity index (χ0n) is 21.2. The number of carbonyl (C=O) groups excluding carboxylic acids is 1. The van der Waals surface area contributed by atoms with Crippen molar-refractivity contribution in [2.45, 2.75) is 39.2 Å². The SMILES string of the molecule is CCOc1ccccc1CN1CCC2(CC1)CCN(C(=O)c1ccc(Oc3ccccc3)cc1)CC2. The lowest BCUT2D eigenvalue weighted by Gasteiger charge is -2.47. The number of ether oxygens (including phenoxy) is 2. The largest absolute Gasteiger partial charge is 0.494 e. The molecule has 3 aromatic rings. The molecule has 0 aromatic heterocycles. The highest BCUT2D eigenvalue weighted by Crippen LogP contribution is 2.42. The van der Waals surface area contributed by atoms with Crippen LogP contribution in [0.5, 0.6) is 17.2 Å². The number of para-hydroxylation sites is 2. The molecule has 0 unspecified atom stereocenters. The van der Waals surface area contributed by atoms with Crippen molar-refractivity contribution in [3.05, 3.63) is 90.0 Å². The highest BCUT2D eigenvalue weighted by Gasteiger charge is 2.38. The van der Waals surface area contributed by atoms with Crippen LogP contribution in [0.3, 0.4) is 0 Å². The second kappa shape index (κ2) is 11.2. The Labute approximate surface area is 214 Å². The van der Waals surface area contributed by atoms with Crippen LogP contribution in [0.2, 0.25) is 0 Å². The number of rotatable bonds is 7. The van der Waals surface area contributed by atoms with Crippen LogP contribution in [0.25, 0.3) is 0 Å². The van der Waals surface area contributed by atoms with Gasteiger partial charge in [-0.2, -0.15) is 0 Å². The summed E-state index contributed by atoms with van der Waals surface area (Å²) in [5, 5.41) is 0. The Balaban J connectivity index is 1.11. The highest BCUT2D eigenvalue weighted by molar-refractivity contribution is 5.94. The molecule has 0 saturated carbocycles. The molecule has 5 nitrogen and oxygen atoms in total. The van der Waals surface area contributed by atoms with E-state index >= 15 is 0 Å². The molecule has 2 fully saturated rings. The summed E-state index contributed by atoms with van der Waals surface area (Å²) in [6, 6.07) is 25.6. The number of hydrogen-bond acceptors (Lipinski definition) is 4. The lowest BCUT2D eigenvalue weighted by Crippen LogP contribution is -2.48. The second-order valence-electron chi connectivity index (χ2n) is 10.0. The van der Waals surface area contributed by atoms with Crippen LogP contribution in [0.4, 0.5) is 0 Å². The van der Waals surface area contributed by atoms with Gasteiger partial charge in [0.25, 0.3) is 5.91 Å². The summed E-state index contributed by atoms with van der Waals surface area (Å²) in [5.74, 6) is 2.67. The van der Waals surface area contributed by atoms with Crippen LogP contribution in [-0.2, 0) is 6.54 Å². The van der Waals surface area contributed by atoms with Crippen LogP contribution < -0.4 is 9.47 Å². The molecule has 0 bridgehead atoms. The Morgan fingerprint density at radius 3 is 2.08 bits per heavy atom. The molecule has 36 heavy (non-hydrogen) atoms. The van der Waals surface area contributed by atoms with E-state index in [1.807, 2.05) is 72.5 Å². The van der Waals surface area contributed by atoms with E-state index in [1.54, 1.807) is 0 Å². The van der Waals surface area contributed by atoms with E-state index in [9.17, 15) is 4.79 Å². The van der Waals surface area contributed by atoms with Crippen molar-refractivity contribution in [2.24, 2.45) is 5.41 Å². The first-order valence-electron chi connectivity index (χ1n) is 13.2. The molecule has 1 spiro atoms. The molecule has 188 valence electrons. The van der Waals surface area contributed by atoms with Crippen LogP contribution in [0.15, 0.2) is 78.9 Å². The molecule has 5 heteroatoms. The summed E-state index contributed by atoms with van der Waals surface area (Å²) in [4.78, 5) is 17.7. The van der Waals surface area contributed by atoms with Gasteiger partial charge in [-0.25, -0.2) is 0 Å². The van der Waals surface area contributed by atoms with Gasteiger partial charge in [-0.15, -0.1) is 0 Å². The predicted octanol–water partition coefficient (Wildman–Crippen LogP) is 6.40. The Kier molecular flexibility index (Phi) is 7.57. The molecule has 0 aliphatic carbocycles. The number of amides is 1. The maximum atomic E-state index is 13.1. The average molecular weight is 485 g/mol. The fourth-order valence-corrected chi connectivity index (χ4v) is 5.51. The maximum Gasteiger partial charge on any atom is 0.253 e. The third-order valence-electron chi connectivity index (χ3n) is 7.77. The van der Waals surface area contributed by atoms with Gasteiger partial charge in [0.05, 0.1) is 6.61 Å². The molecular formula is C31H36N2O3. The molecule has 0 N–H and O–H groups in total. The summed E-state index contributed by atoms with van der Waals surface area (Å²) >= 11 is 0. The maximum absolute atomic E-state index is 13.1. The molecule has 2 aliphatic rings. The van der Waals surface area contributed by atoms with Crippen molar-refractivity contribution >= 4 is 5.91 Å². The van der Waals surface area contributed by atoms with Gasteiger partial charge in [0.2, 0.25) is 0 Å². The molecule has 2 aliphatic heterocycles. The van der Waals surface area contributed by atoms with Gasteiger partial charge in [-0.1, -0.05) is 36.4 Å². The third-order valence-corrected chi connectivity index (χ3v) is 7.77. The molecule has 2 heterocycles. The van der Waals surface area contributed by atoms with E-state index in [0.29, 0.717) is 12.0 Å². The van der Waals surface area contributed by atoms with Gasteiger partial charge in [-0.05, 0) is 93.6 Å². The number of carbonyl (C=O) groups is 1. The van der Waals surface area contributed by atoms with Crippen LogP contribution in [-0.4, -0.2) is 48.5 Å². The van der Waals surface area contributed by atoms with Crippen LogP contribution in [0.1, 0.15) is 48.5 Å². The van der Waals surface area contributed by atoms with Crippen molar-refractivity contribution in [1.29, 1.82) is 0 Å². The molecule has 0 atom stereocenters. The van der Waals surface area contributed by atoms with Crippen molar-refractivity contribution in [3.63, 3.8) is 0 Å². The first-order valence-corrected chi connectivity index (χ1v) is 13.2. The fraction of sp³-hybridized carbons (Fsp3) is 0.387. The standard InChI is InChI=1S/C31H36N2O3/c1-2-35-29-11-7-6-8-26(29)24-32-20-16-31(17-21-32)18-22-33(23-19-31)30(34)25-12-14-28(15-13-25)36-27-9-4-3-5-10-27/h3-15H,2,16-24H2,1H3. The van der Waals surface area contributed by atoms with Crippen LogP contribution in [0, 0.1) is 5.41 Å². The Morgan fingerprint density at radius 1 is 0.778 bits per heavy atom. The molecular weight excluding hydrogens is 448 g/mol. The van der Waals surface area contributed by atoms with E-state index in [2.05, 4.69) is 23.1 Å². The number of nitrogens with zero attached hydrogens (tertiary/aromatic N) is 2. The predicted molar refractivity (Wildman–Crippen MR) is 143 cm³/mol. The van der Waals surface area contributed by atoms with E-state index in [1.165, 1.54) is 18.4 Å². The molecule has 3 aromatic carbocycles. The van der Waals surface area contributed by atoms with Crippen molar-refractivity contribution < 1.29 is 14.3 Å². The van der Waals surface area contributed by atoms with Gasteiger partial charge in [0.15, 0.2) is 0 Å². The third kappa shape index (κ3) is 5.73. The molecule has 5 rings (SSSR count). The van der Waals surface area contributed by atoms with Gasteiger partial charge in [0, 0.05) is 30.8 Å². The highest BCUT2D eigenvalue weighted by atomic mass is 16.5.